The molecule has 0 aromatic carbocycles. The molecule has 0 spiro atoms. The van der Waals surface area contributed by atoms with Crippen molar-refractivity contribution in [3.05, 3.63) is 23.9 Å². The number of rotatable bonds is 2. The highest BCUT2D eigenvalue weighted by Crippen LogP contribution is 2.15. The minimum Gasteiger partial charge on any atom is -0.355 e. The molecule has 4 heteroatoms. The molecule has 78 valence electrons. The Morgan fingerprint density at radius 1 is 1.60 bits per heavy atom. The summed E-state index contributed by atoms with van der Waals surface area (Å²) in [7, 11) is 2.03. The second kappa shape index (κ2) is 4.28. The monoisotopic (exact) mass is 202 g/mol. The summed E-state index contributed by atoms with van der Waals surface area (Å²) in [6.07, 6.45) is 1.13. The Bertz CT molecular complexity index is 376. The highest BCUT2D eigenvalue weighted by Gasteiger charge is 2.20. The summed E-state index contributed by atoms with van der Waals surface area (Å²) in [5.74, 6) is 0.878. The van der Waals surface area contributed by atoms with Crippen molar-refractivity contribution in [3.63, 3.8) is 0 Å². The molecule has 1 aromatic rings. The zero-order chi connectivity index (χ0) is 10.7. The van der Waals surface area contributed by atoms with Crippen LogP contribution in [0.5, 0.6) is 0 Å². The van der Waals surface area contributed by atoms with Gasteiger partial charge in [0.15, 0.2) is 0 Å². The molecule has 0 amide bonds. The molecule has 0 saturated carbocycles. The first-order chi connectivity index (χ1) is 7.31. The highest BCUT2D eigenvalue weighted by atomic mass is 15.2. The number of pyridine rings is 1. The van der Waals surface area contributed by atoms with Crippen molar-refractivity contribution < 1.29 is 0 Å². The molecule has 1 unspecified atom stereocenters. The van der Waals surface area contributed by atoms with Gasteiger partial charge in [0.1, 0.15) is 17.6 Å². The van der Waals surface area contributed by atoms with Crippen LogP contribution in [0.3, 0.4) is 0 Å². The SMILES string of the molecule is CN(c1cccc(C#N)n1)C1CCNC1. The average Bonchev–Trinajstić information content (AvgIpc) is 2.81. The normalized spacial score (nSPS) is 19.9. The van der Waals surface area contributed by atoms with E-state index in [2.05, 4.69) is 21.3 Å². The molecule has 2 rings (SSSR count). The third kappa shape index (κ3) is 2.08. The van der Waals surface area contributed by atoms with Gasteiger partial charge >= 0.3 is 0 Å². The topological polar surface area (TPSA) is 52.0 Å². The van der Waals surface area contributed by atoms with Gasteiger partial charge in [0, 0.05) is 19.6 Å². The number of nitrogens with zero attached hydrogens (tertiary/aromatic N) is 3. The van der Waals surface area contributed by atoms with Crippen LogP contribution >= 0.6 is 0 Å². The zero-order valence-electron chi connectivity index (χ0n) is 8.77. The molecule has 1 saturated heterocycles. The van der Waals surface area contributed by atoms with Crippen LogP contribution in [0, 0.1) is 11.3 Å². The third-order valence-electron chi connectivity index (χ3n) is 2.79. The van der Waals surface area contributed by atoms with E-state index in [1.54, 1.807) is 6.07 Å². The molecule has 1 fully saturated rings. The molecule has 0 aliphatic carbocycles. The molecule has 1 N–H and O–H groups in total. The summed E-state index contributed by atoms with van der Waals surface area (Å²) in [6.45, 7) is 2.06. The first-order valence-electron chi connectivity index (χ1n) is 5.12. The maximum atomic E-state index is 8.77. The van der Waals surface area contributed by atoms with Gasteiger partial charge in [0.25, 0.3) is 0 Å². The van der Waals surface area contributed by atoms with Crippen molar-refractivity contribution in [2.45, 2.75) is 12.5 Å². The summed E-state index contributed by atoms with van der Waals surface area (Å²) in [5, 5.41) is 12.1. The zero-order valence-corrected chi connectivity index (χ0v) is 8.77. The first-order valence-corrected chi connectivity index (χ1v) is 5.12. The van der Waals surface area contributed by atoms with Gasteiger partial charge in [-0.15, -0.1) is 0 Å². The van der Waals surface area contributed by atoms with Gasteiger partial charge < -0.3 is 10.2 Å². The molecule has 4 nitrogen and oxygen atoms in total. The van der Waals surface area contributed by atoms with Crippen molar-refractivity contribution >= 4 is 5.82 Å². The van der Waals surface area contributed by atoms with E-state index in [4.69, 9.17) is 5.26 Å². The van der Waals surface area contributed by atoms with Gasteiger partial charge in [0.05, 0.1) is 0 Å². The maximum Gasteiger partial charge on any atom is 0.142 e. The van der Waals surface area contributed by atoms with Gasteiger partial charge in [-0.05, 0) is 25.1 Å². The lowest BCUT2D eigenvalue weighted by Crippen LogP contribution is -2.33. The number of anilines is 1. The van der Waals surface area contributed by atoms with E-state index in [1.807, 2.05) is 19.2 Å². The average molecular weight is 202 g/mol. The smallest absolute Gasteiger partial charge is 0.142 e. The van der Waals surface area contributed by atoms with E-state index in [0.717, 1.165) is 25.3 Å². The second-order valence-electron chi connectivity index (χ2n) is 3.75. The summed E-state index contributed by atoms with van der Waals surface area (Å²) in [5.41, 5.74) is 0.477. The van der Waals surface area contributed by atoms with E-state index in [0.29, 0.717) is 11.7 Å². The number of nitriles is 1. The Balaban J connectivity index is 2.17. The van der Waals surface area contributed by atoms with E-state index in [-0.39, 0.29) is 0 Å². The largest absolute Gasteiger partial charge is 0.355 e. The fraction of sp³-hybridized carbons (Fsp3) is 0.455. The van der Waals surface area contributed by atoms with E-state index in [1.165, 1.54) is 0 Å². The molecule has 2 heterocycles. The van der Waals surface area contributed by atoms with Gasteiger partial charge in [-0.25, -0.2) is 4.98 Å². The number of hydrogen-bond acceptors (Lipinski definition) is 4. The van der Waals surface area contributed by atoms with E-state index >= 15 is 0 Å². The first kappa shape index (κ1) is 9.94. The van der Waals surface area contributed by atoms with Crippen LogP contribution in [-0.4, -0.2) is 31.2 Å². The van der Waals surface area contributed by atoms with Crippen LogP contribution in [0.15, 0.2) is 18.2 Å². The number of likely N-dealkylation sites (N-methyl/N-ethyl adjacent to an activating group) is 1. The molecule has 1 atom stereocenters. The van der Waals surface area contributed by atoms with Crippen LogP contribution in [0.4, 0.5) is 5.82 Å². The van der Waals surface area contributed by atoms with Crippen molar-refractivity contribution in [2.75, 3.05) is 25.0 Å². The van der Waals surface area contributed by atoms with Crippen molar-refractivity contribution in [1.29, 1.82) is 5.26 Å². The lowest BCUT2D eigenvalue weighted by atomic mass is 10.2. The predicted molar refractivity (Wildman–Crippen MR) is 58.6 cm³/mol. The van der Waals surface area contributed by atoms with Crippen LogP contribution in [-0.2, 0) is 0 Å². The van der Waals surface area contributed by atoms with Crippen LogP contribution in [0.2, 0.25) is 0 Å². The summed E-state index contributed by atoms with van der Waals surface area (Å²) in [6, 6.07) is 8.10. The lowest BCUT2D eigenvalue weighted by Gasteiger charge is -2.24. The minimum absolute atomic E-state index is 0.477. The van der Waals surface area contributed by atoms with Crippen molar-refractivity contribution in [2.24, 2.45) is 0 Å². The van der Waals surface area contributed by atoms with Gasteiger partial charge in [-0.1, -0.05) is 6.07 Å². The molecular weight excluding hydrogens is 188 g/mol. The Hall–Kier alpha value is -1.60. The predicted octanol–water partition coefficient (Wildman–Crippen LogP) is 0.751. The molecule has 1 aliphatic rings. The van der Waals surface area contributed by atoms with E-state index in [9.17, 15) is 0 Å². The van der Waals surface area contributed by atoms with Crippen LogP contribution in [0.25, 0.3) is 0 Å². The van der Waals surface area contributed by atoms with E-state index < -0.39 is 0 Å². The highest BCUT2D eigenvalue weighted by molar-refractivity contribution is 5.42. The van der Waals surface area contributed by atoms with Crippen LogP contribution < -0.4 is 10.2 Å². The molecular formula is C11H14N4. The number of hydrogen-bond donors (Lipinski definition) is 1. The van der Waals surface area contributed by atoms with Gasteiger partial charge in [-0.3, -0.25) is 0 Å². The Labute approximate surface area is 89.5 Å². The number of aromatic nitrogens is 1. The van der Waals surface area contributed by atoms with Gasteiger partial charge in [0.2, 0.25) is 0 Å². The molecule has 15 heavy (non-hydrogen) atoms. The summed E-state index contributed by atoms with van der Waals surface area (Å²) < 4.78 is 0. The fourth-order valence-corrected chi connectivity index (χ4v) is 1.84. The Morgan fingerprint density at radius 3 is 3.13 bits per heavy atom. The number of nitrogens with one attached hydrogen (secondary N) is 1. The quantitative estimate of drug-likeness (QED) is 0.769. The molecule has 1 aromatic heterocycles. The standard InChI is InChI=1S/C11H14N4/c1-15(10-5-6-13-8-10)11-4-2-3-9(7-12)14-11/h2-4,10,13H,5-6,8H2,1H3. The van der Waals surface area contributed by atoms with Crippen LogP contribution in [0.1, 0.15) is 12.1 Å². The third-order valence-corrected chi connectivity index (χ3v) is 2.79. The Morgan fingerprint density at radius 2 is 2.47 bits per heavy atom. The minimum atomic E-state index is 0.477. The summed E-state index contributed by atoms with van der Waals surface area (Å²) in [4.78, 5) is 6.41. The fourth-order valence-electron chi connectivity index (χ4n) is 1.84. The Kier molecular flexibility index (Phi) is 2.84. The second-order valence-corrected chi connectivity index (χ2v) is 3.75. The molecule has 1 aliphatic heterocycles. The lowest BCUT2D eigenvalue weighted by molar-refractivity contribution is 0.677. The summed E-state index contributed by atoms with van der Waals surface area (Å²) >= 11 is 0. The van der Waals surface area contributed by atoms with Crippen molar-refractivity contribution in [3.8, 4) is 6.07 Å². The maximum absolute atomic E-state index is 8.77. The van der Waals surface area contributed by atoms with Gasteiger partial charge in [-0.2, -0.15) is 5.26 Å². The molecule has 0 bridgehead atoms. The van der Waals surface area contributed by atoms with Crippen molar-refractivity contribution in [1.82, 2.24) is 10.3 Å². The molecule has 0 radical (unpaired) electrons.